The largest absolute Gasteiger partial charge is 0.497 e. The summed E-state index contributed by atoms with van der Waals surface area (Å²) in [6.07, 6.45) is 3.65. The number of hydrogen-bond acceptors (Lipinski definition) is 2. The molecule has 0 saturated heterocycles. The minimum absolute atomic E-state index is 0.189. The van der Waals surface area contributed by atoms with E-state index in [9.17, 15) is 4.79 Å². The van der Waals surface area contributed by atoms with Gasteiger partial charge in [-0.1, -0.05) is 31.2 Å². The van der Waals surface area contributed by atoms with Gasteiger partial charge in [0, 0.05) is 12.5 Å². The zero-order valence-corrected chi connectivity index (χ0v) is 13.3. The van der Waals surface area contributed by atoms with Crippen LogP contribution in [0.2, 0.25) is 0 Å². The third-order valence-corrected chi connectivity index (χ3v) is 4.41. The summed E-state index contributed by atoms with van der Waals surface area (Å²) in [4.78, 5) is 11.7. The van der Waals surface area contributed by atoms with E-state index in [0.29, 0.717) is 18.4 Å². The molecular formula is C19H23NO2. The summed E-state index contributed by atoms with van der Waals surface area (Å²) in [5.74, 6) is 1.65. The van der Waals surface area contributed by atoms with E-state index >= 15 is 0 Å². The number of carbonyl (C=O) groups excluding carboxylic acids is 1. The van der Waals surface area contributed by atoms with E-state index in [1.165, 1.54) is 16.3 Å². The van der Waals surface area contributed by atoms with Crippen LogP contribution in [0.15, 0.2) is 36.4 Å². The van der Waals surface area contributed by atoms with Crippen molar-refractivity contribution < 1.29 is 9.53 Å². The maximum absolute atomic E-state index is 11.7. The second-order valence-corrected chi connectivity index (χ2v) is 6.13. The third kappa shape index (κ3) is 3.24. The molecule has 2 unspecified atom stereocenters. The van der Waals surface area contributed by atoms with Crippen molar-refractivity contribution in [3.63, 3.8) is 0 Å². The van der Waals surface area contributed by atoms with Gasteiger partial charge in [-0.05, 0) is 53.6 Å². The first kappa shape index (κ1) is 14.9. The van der Waals surface area contributed by atoms with E-state index in [-0.39, 0.29) is 5.91 Å². The smallest absolute Gasteiger partial charge is 0.220 e. The van der Waals surface area contributed by atoms with Gasteiger partial charge < -0.3 is 10.1 Å². The summed E-state index contributed by atoms with van der Waals surface area (Å²) in [5, 5.41) is 5.63. The van der Waals surface area contributed by atoms with Gasteiger partial charge >= 0.3 is 0 Å². The zero-order chi connectivity index (χ0) is 15.5. The van der Waals surface area contributed by atoms with Crippen molar-refractivity contribution >= 4 is 16.7 Å². The van der Waals surface area contributed by atoms with E-state index in [1.807, 2.05) is 13.0 Å². The Kier molecular flexibility index (Phi) is 4.32. The molecule has 1 N–H and O–H groups in total. The minimum atomic E-state index is 0.189. The van der Waals surface area contributed by atoms with Crippen LogP contribution in [0.3, 0.4) is 0 Å². The Labute approximate surface area is 131 Å². The lowest BCUT2D eigenvalue weighted by molar-refractivity contribution is -0.121. The lowest BCUT2D eigenvalue weighted by Gasteiger charge is -2.09. The van der Waals surface area contributed by atoms with Crippen molar-refractivity contribution in [1.82, 2.24) is 5.32 Å². The molecule has 1 saturated carbocycles. The molecule has 0 radical (unpaired) electrons. The number of hydrogen-bond donors (Lipinski definition) is 1. The molecule has 1 aliphatic carbocycles. The standard InChI is InChI=1S/C19H23NO2/c1-3-5-19(21)20-18-11-15(18)10-14-7-4-6-13-8-9-16(22-2)12-17(13)14/h4,6-9,12,15,18H,3,5,10-11H2,1-2H3,(H,20,21). The molecule has 1 fully saturated rings. The summed E-state index contributed by atoms with van der Waals surface area (Å²) >= 11 is 0. The summed E-state index contributed by atoms with van der Waals surface area (Å²) in [5.41, 5.74) is 1.34. The lowest BCUT2D eigenvalue weighted by atomic mass is 10.00. The highest BCUT2D eigenvalue weighted by Crippen LogP contribution is 2.36. The van der Waals surface area contributed by atoms with Gasteiger partial charge in [-0.2, -0.15) is 0 Å². The normalized spacial score (nSPS) is 19.9. The molecule has 0 aromatic heterocycles. The number of rotatable bonds is 6. The Bertz CT molecular complexity index is 680. The molecule has 0 heterocycles. The molecule has 2 aromatic carbocycles. The fourth-order valence-electron chi connectivity index (χ4n) is 3.06. The molecule has 2 atom stereocenters. The SMILES string of the molecule is CCCC(=O)NC1CC1Cc1cccc2ccc(OC)cc12. The van der Waals surface area contributed by atoms with Crippen molar-refractivity contribution in [2.24, 2.45) is 5.92 Å². The van der Waals surface area contributed by atoms with Gasteiger partial charge in [-0.15, -0.1) is 0 Å². The maximum atomic E-state index is 11.7. The molecular weight excluding hydrogens is 274 g/mol. The number of nitrogens with one attached hydrogen (secondary N) is 1. The molecule has 0 bridgehead atoms. The number of carbonyl (C=O) groups is 1. The van der Waals surface area contributed by atoms with E-state index in [4.69, 9.17) is 4.74 Å². The Morgan fingerprint density at radius 3 is 2.95 bits per heavy atom. The van der Waals surface area contributed by atoms with Gasteiger partial charge in [-0.3, -0.25) is 4.79 Å². The summed E-state index contributed by atoms with van der Waals surface area (Å²) in [6.45, 7) is 2.04. The van der Waals surface area contributed by atoms with Gasteiger partial charge in [0.05, 0.1) is 7.11 Å². The fraction of sp³-hybridized carbons (Fsp3) is 0.421. The van der Waals surface area contributed by atoms with Crippen LogP contribution in [0.4, 0.5) is 0 Å². The first-order valence-electron chi connectivity index (χ1n) is 8.06. The summed E-state index contributed by atoms with van der Waals surface area (Å²) < 4.78 is 5.34. The number of amides is 1. The molecule has 3 rings (SSSR count). The number of benzene rings is 2. The van der Waals surface area contributed by atoms with Crippen molar-refractivity contribution in [2.45, 2.75) is 38.6 Å². The van der Waals surface area contributed by atoms with Crippen molar-refractivity contribution in [2.75, 3.05) is 7.11 Å². The van der Waals surface area contributed by atoms with Crippen LogP contribution in [0.25, 0.3) is 10.8 Å². The Balaban J connectivity index is 1.71. The number of fused-ring (bicyclic) bond motifs is 1. The number of methoxy groups -OCH3 is 1. The second-order valence-electron chi connectivity index (χ2n) is 6.13. The van der Waals surface area contributed by atoms with Crippen LogP contribution in [0, 0.1) is 5.92 Å². The van der Waals surface area contributed by atoms with Gasteiger partial charge in [0.15, 0.2) is 0 Å². The third-order valence-electron chi connectivity index (χ3n) is 4.41. The van der Waals surface area contributed by atoms with Crippen LogP contribution >= 0.6 is 0 Å². The van der Waals surface area contributed by atoms with E-state index < -0.39 is 0 Å². The van der Waals surface area contributed by atoms with E-state index in [0.717, 1.165) is 25.0 Å². The highest BCUT2D eigenvalue weighted by atomic mass is 16.5. The molecule has 2 aromatic rings. The predicted octanol–water partition coefficient (Wildman–Crippen LogP) is 3.70. The Morgan fingerprint density at radius 2 is 2.18 bits per heavy atom. The van der Waals surface area contributed by atoms with Crippen molar-refractivity contribution in [3.8, 4) is 5.75 Å². The van der Waals surface area contributed by atoms with Crippen LogP contribution < -0.4 is 10.1 Å². The fourth-order valence-corrected chi connectivity index (χ4v) is 3.06. The minimum Gasteiger partial charge on any atom is -0.497 e. The first-order chi connectivity index (χ1) is 10.7. The first-order valence-corrected chi connectivity index (χ1v) is 8.06. The van der Waals surface area contributed by atoms with Gasteiger partial charge in [0.1, 0.15) is 5.75 Å². The monoisotopic (exact) mass is 297 g/mol. The van der Waals surface area contributed by atoms with Crippen molar-refractivity contribution in [1.29, 1.82) is 0 Å². The topological polar surface area (TPSA) is 38.3 Å². The van der Waals surface area contributed by atoms with Gasteiger partial charge in [0.2, 0.25) is 5.91 Å². The average molecular weight is 297 g/mol. The van der Waals surface area contributed by atoms with Gasteiger partial charge in [-0.25, -0.2) is 0 Å². The van der Waals surface area contributed by atoms with Crippen LogP contribution in [0.5, 0.6) is 5.75 Å². The molecule has 3 nitrogen and oxygen atoms in total. The van der Waals surface area contributed by atoms with E-state index in [2.05, 4.69) is 35.6 Å². The summed E-state index contributed by atoms with van der Waals surface area (Å²) in [7, 11) is 1.70. The zero-order valence-electron chi connectivity index (χ0n) is 13.3. The molecule has 1 aliphatic rings. The summed E-state index contributed by atoms with van der Waals surface area (Å²) in [6, 6.07) is 13.0. The average Bonchev–Trinajstić information content (AvgIpc) is 3.24. The van der Waals surface area contributed by atoms with Crippen LogP contribution in [-0.4, -0.2) is 19.1 Å². The molecule has 22 heavy (non-hydrogen) atoms. The van der Waals surface area contributed by atoms with Crippen LogP contribution in [0.1, 0.15) is 31.7 Å². The highest BCUT2D eigenvalue weighted by Gasteiger charge is 2.38. The predicted molar refractivity (Wildman–Crippen MR) is 89.1 cm³/mol. The quantitative estimate of drug-likeness (QED) is 0.883. The Hall–Kier alpha value is -2.03. The number of ether oxygens (including phenoxy) is 1. The molecule has 3 heteroatoms. The molecule has 1 amide bonds. The van der Waals surface area contributed by atoms with Gasteiger partial charge in [0.25, 0.3) is 0 Å². The maximum Gasteiger partial charge on any atom is 0.220 e. The molecule has 0 spiro atoms. The second kappa shape index (κ2) is 6.39. The Morgan fingerprint density at radius 1 is 1.32 bits per heavy atom. The van der Waals surface area contributed by atoms with Crippen LogP contribution in [-0.2, 0) is 11.2 Å². The van der Waals surface area contributed by atoms with E-state index in [1.54, 1.807) is 7.11 Å². The van der Waals surface area contributed by atoms with Crippen molar-refractivity contribution in [3.05, 3.63) is 42.0 Å². The molecule has 0 aliphatic heterocycles. The highest BCUT2D eigenvalue weighted by molar-refractivity contribution is 5.87. The lowest BCUT2D eigenvalue weighted by Crippen LogP contribution is -2.26. The molecule has 116 valence electrons.